The van der Waals surface area contributed by atoms with Crippen molar-refractivity contribution in [3.63, 3.8) is 0 Å². The van der Waals surface area contributed by atoms with Crippen molar-refractivity contribution in [2.75, 3.05) is 7.11 Å². The number of ketones is 1. The third-order valence-electron chi connectivity index (χ3n) is 5.52. The summed E-state index contributed by atoms with van der Waals surface area (Å²) >= 11 is 0. The highest BCUT2D eigenvalue weighted by atomic mass is 16.5. The summed E-state index contributed by atoms with van der Waals surface area (Å²) in [5, 5.41) is 6.83. The van der Waals surface area contributed by atoms with Gasteiger partial charge in [-0.25, -0.2) is 4.98 Å². The smallest absolute Gasteiger partial charge is 0.250 e. The van der Waals surface area contributed by atoms with Gasteiger partial charge in [0, 0.05) is 12.0 Å². The van der Waals surface area contributed by atoms with Crippen molar-refractivity contribution in [3.8, 4) is 17.2 Å². The van der Waals surface area contributed by atoms with Crippen LogP contribution in [0.25, 0.3) is 27.9 Å². The summed E-state index contributed by atoms with van der Waals surface area (Å²) in [5.41, 5.74) is 3.03. The Morgan fingerprint density at radius 3 is 2.77 bits per heavy atom. The van der Waals surface area contributed by atoms with Crippen molar-refractivity contribution in [2.45, 2.75) is 19.8 Å². The summed E-state index contributed by atoms with van der Waals surface area (Å²) in [7, 11) is 1.58. The number of aromatic nitrogens is 3. The second kappa shape index (κ2) is 7.72. The first-order valence-electron chi connectivity index (χ1n) is 10.1. The minimum Gasteiger partial charge on any atom is -0.496 e. The molecule has 154 valence electrons. The van der Waals surface area contributed by atoms with E-state index >= 15 is 0 Å². The molecule has 0 fully saturated rings. The molecule has 0 saturated heterocycles. The van der Waals surface area contributed by atoms with E-state index in [4.69, 9.17) is 9.15 Å². The molecular formula is C25H21N3O3. The fourth-order valence-electron chi connectivity index (χ4n) is 3.87. The maximum Gasteiger partial charge on any atom is 0.250 e. The Balaban J connectivity index is 1.39. The van der Waals surface area contributed by atoms with Crippen LogP contribution in [0.1, 0.15) is 28.2 Å². The molecule has 2 aromatic heterocycles. The Bertz CT molecular complexity index is 1410. The van der Waals surface area contributed by atoms with E-state index in [2.05, 4.69) is 34.3 Å². The lowest BCUT2D eigenvalue weighted by atomic mass is 9.97. The summed E-state index contributed by atoms with van der Waals surface area (Å²) < 4.78 is 13.0. The van der Waals surface area contributed by atoms with Gasteiger partial charge in [0.05, 0.1) is 18.9 Å². The van der Waals surface area contributed by atoms with Gasteiger partial charge in [0.15, 0.2) is 5.78 Å². The predicted molar refractivity (Wildman–Crippen MR) is 119 cm³/mol. The molecule has 2 heterocycles. The third kappa shape index (κ3) is 3.46. The van der Waals surface area contributed by atoms with Gasteiger partial charge in [-0.2, -0.15) is 4.52 Å². The third-order valence-corrected chi connectivity index (χ3v) is 5.52. The maximum absolute atomic E-state index is 12.9. The van der Waals surface area contributed by atoms with Gasteiger partial charge in [-0.05, 0) is 41.8 Å². The molecule has 0 atom stereocenters. The molecule has 0 saturated carbocycles. The van der Waals surface area contributed by atoms with E-state index < -0.39 is 0 Å². The quantitative estimate of drug-likeness (QED) is 0.356. The fourth-order valence-corrected chi connectivity index (χ4v) is 3.87. The number of hydrogen-bond donors (Lipinski definition) is 0. The number of fused-ring (bicyclic) bond motifs is 2. The van der Waals surface area contributed by atoms with E-state index in [0.29, 0.717) is 41.3 Å². The highest BCUT2D eigenvalue weighted by Gasteiger charge is 2.17. The number of Topliss-reactive ketones (excluding diaryl/α,β-unsaturated/α-hetero) is 1. The Morgan fingerprint density at radius 2 is 1.94 bits per heavy atom. The van der Waals surface area contributed by atoms with Crippen molar-refractivity contribution in [1.29, 1.82) is 0 Å². The van der Waals surface area contributed by atoms with E-state index in [0.717, 1.165) is 5.82 Å². The minimum atomic E-state index is 0.0679. The summed E-state index contributed by atoms with van der Waals surface area (Å²) in [4.78, 5) is 17.1. The second-order valence-corrected chi connectivity index (χ2v) is 7.44. The van der Waals surface area contributed by atoms with Crippen LogP contribution in [-0.2, 0) is 6.42 Å². The van der Waals surface area contributed by atoms with Crippen LogP contribution in [0.4, 0.5) is 0 Å². The number of aryl methyl sites for hydroxylation is 2. The monoisotopic (exact) mass is 411 g/mol. The van der Waals surface area contributed by atoms with Crippen molar-refractivity contribution in [2.24, 2.45) is 0 Å². The first kappa shape index (κ1) is 19.1. The summed E-state index contributed by atoms with van der Waals surface area (Å²) in [6.07, 6.45) is 2.73. The van der Waals surface area contributed by atoms with E-state index in [1.807, 2.05) is 31.2 Å². The number of carbonyl (C=O) groups excluding carboxylic acids is 1. The van der Waals surface area contributed by atoms with Crippen LogP contribution in [-0.4, -0.2) is 27.5 Å². The van der Waals surface area contributed by atoms with Gasteiger partial charge in [0.1, 0.15) is 11.6 Å². The molecule has 5 aromatic rings. The first-order valence-corrected chi connectivity index (χ1v) is 10.1. The minimum absolute atomic E-state index is 0.0679. The molecular weight excluding hydrogens is 390 g/mol. The van der Waals surface area contributed by atoms with Crippen LogP contribution in [0.3, 0.4) is 0 Å². The normalized spacial score (nSPS) is 11.3. The van der Waals surface area contributed by atoms with E-state index in [1.165, 1.54) is 16.3 Å². The molecule has 0 aliphatic rings. The largest absolute Gasteiger partial charge is 0.496 e. The summed E-state index contributed by atoms with van der Waals surface area (Å²) in [5.74, 6) is 1.78. The average Bonchev–Trinajstić information content (AvgIpc) is 3.38. The van der Waals surface area contributed by atoms with Crippen LogP contribution >= 0.6 is 0 Å². The Labute approximate surface area is 179 Å². The SMILES string of the molecule is COc1cc(C(=O)CCc2cccc3ccccc23)ccc1-c1nn2c(C)ncc2o1. The molecule has 0 aliphatic heterocycles. The van der Waals surface area contributed by atoms with Crippen molar-refractivity contribution < 1.29 is 13.9 Å². The number of rotatable bonds is 6. The first-order chi connectivity index (χ1) is 15.1. The molecule has 0 amide bonds. The Kier molecular flexibility index (Phi) is 4.75. The molecule has 6 heteroatoms. The highest BCUT2D eigenvalue weighted by molar-refractivity contribution is 5.97. The van der Waals surface area contributed by atoms with Gasteiger partial charge in [0.25, 0.3) is 0 Å². The van der Waals surface area contributed by atoms with E-state index in [9.17, 15) is 4.79 Å². The summed E-state index contributed by atoms with van der Waals surface area (Å²) in [6.45, 7) is 1.86. The van der Waals surface area contributed by atoms with Gasteiger partial charge in [0.2, 0.25) is 11.6 Å². The lowest BCUT2D eigenvalue weighted by Gasteiger charge is -2.09. The number of imidazole rings is 1. The van der Waals surface area contributed by atoms with Gasteiger partial charge in [-0.1, -0.05) is 48.5 Å². The molecule has 5 rings (SSSR count). The number of ether oxygens (including phenoxy) is 1. The molecule has 0 N–H and O–H groups in total. The molecule has 3 aromatic carbocycles. The topological polar surface area (TPSA) is 69.6 Å². The van der Waals surface area contributed by atoms with Crippen LogP contribution < -0.4 is 4.74 Å². The van der Waals surface area contributed by atoms with Crippen molar-refractivity contribution in [1.82, 2.24) is 14.6 Å². The highest BCUT2D eigenvalue weighted by Crippen LogP contribution is 2.31. The van der Waals surface area contributed by atoms with E-state index in [-0.39, 0.29) is 5.78 Å². The van der Waals surface area contributed by atoms with Crippen LogP contribution in [0.2, 0.25) is 0 Å². The van der Waals surface area contributed by atoms with Crippen LogP contribution in [0.15, 0.2) is 71.3 Å². The lowest BCUT2D eigenvalue weighted by molar-refractivity contribution is 0.0982. The van der Waals surface area contributed by atoms with Crippen molar-refractivity contribution >= 4 is 22.3 Å². The van der Waals surface area contributed by atoms with E-state index in [1.54, 1.807) is 30.0 Å². The van der Waals surface area contributed by atoms with Gasteiger partial charge >= 0.3 is 0 Å². The fraction of sp³-hybridized carbons (Fsp3) is 0.160. The maximum atomic E-state index is 12.9. The van der Waals surface area contributed by atoms with Gasteiger partial charge in [-0.15, -0.1) is 5.10 Å². The molecule has 0 aliphatic carbocycles. The number of methoxy groups -OCH3 is 1. The summed E-state index contributed by atoms with van der Waals surface area (Å²) in [6, 6.07) is 19.8. The van der Waals surface area contributed by atoms with Gasteiger partial charge < -0.3 is 9.15 Å². The number of hydrogen-bond acceptors (Lipinski definition) is 5. The van der Waals surface area contributed by atoms with Gasteiger partial charge in [-0.3, -0.25) is 4.79 Å². The molecule has 0 unspecified atom stereocenters. The number of nitrogens with zero attached hydrogens (tertiary/aromatic N) is 3. The molecule has 0 spiro atoms. The van der Waals surface area contributed by atoms with Crippen LogP contribution in [0.5, 0.6) is 5.75 Å². The predicted octanol–water partition coefficient (Wildman–Crippen LogP) is 5.28. The van der Waals surface area contributed by atoms with Crippen molar-refractivity contribution in [3.05, 3.63) is 83.8 Å². The zero-order valence-electron chi connectivity index (χ0n) is 17.3. The number of benzene rings is 3. The zero-order chi connectivity index (χ0) is 21.4. The molecule has 31 heavy (non-hydrogen) atoms. The second-order valence-electron chi connectivity index (χ2n) is 7.44. The standard InChI is InChI=1S/C25H21N3O3/c1-16-26-15-24-28(16)27-25(31-24)21-12-10-19(14-23(21)30-2)22(29)13-11-18-8-5-7-17-6-3-4-9-20(17)18/h3-10,12,14-15H,11,13H2,1-2H3. The molecule has 6 nitrogen and oxygen atoms in total. The lowest BCUT2D eigenvalue weighted by Crippen LogP contribution is -2.03. The average molecular weight is 411 g/mol. The van der Waals surface area contributed by atoms with Crippen LogP contribution in [0, 0.1) is 6.92 Å². The Hall–Kier alpha value is -3.93. The molecule has 0 bridgehead atoms. The number of carbonyl (C=O) groups is 1. The molecule has 0 radical (unpaired) electrons. The Morgan fingerprint density at radius 1 is 1.10 bits per heavy atom. The zero-order valence-corrected chi connectivity index (χ0v) is 17.3.